The normalized spacial score (nSPS) is 17.9. The summed E-state index contributed by atoms with van der Waals surface area (Å²) in [6, 6.07) is 8.28. The number of ether oxygens (including phenoxy) is 1. The Hall–Kier alpha value is -1.53. The smallest absolute Gasteiger partial charge is 0.122 e. The number of benzene rings is 1. The summed E-state index contributed by atoms with van der Waals surface area (Å²) >= 11 is 0. The van der Waals surface area contributed by atoms with Crippen LogP contribution in [0.3, 0.4) is 0 Å². The molecule has 3 nitrogen and oxygen atoms in total. The van der Waals surface area contributed by atoms with Gasteiger partial charge in [-0.05, 0) is 69.6 Å². The van der Waals surface area contributed by atoms with Crippen molar-refractivity contribution in [3.8, 4) is 11.8 Å². The van der Waals surface area contributed by atoms with E-state index in [1.165, 1.54) is 5.56 Å². The van der Waals surface area contributed by atoms with Crippen LogP contribution in [0.1, 0.15) is 63.2 Å². The maximum atomic E-state index is 10.0. The second-order valence-corrected chi connectivity index (χ2v) is 6.53. The zero-order chi connectivity index (χ0) is 15.3. The summed E-state index contributed by atoms with van der Waals surface area (Å²) < 4.78 is 5.91. The summed E-state index contributed by atoms with van der Waals surface area (Å²) in [7, 11) is 0. The molecule has 1 N–H and O–H groups in total. The monoisotopic (exact) mass is 287 g/mol. The Morgan fingerprint density at radius 1 is 1.38 bits per heavy atom. The molecular weight excluding hydrogens is 262 g/mol. The average molecular weight is 287 g/mol. The molecule has 1 aliphatic carbocycles. The van der Waals surface area contributed by atoms with Gasteiger partial charge in [0, 0.05) is 0 Å². The number of nitriles is 1. The number of aliphatic hydroxyl groups excluding tert-OH is 1. The van der Waals surface area contributed by atoms with Crippen LogP contribution < -0.4 is 4.74 Å². The lowest BCUT2D eigenvalue weighted by atomic mass is 9.89. The number of aliphatic hydroxyl groups is 1. The molecule has 1 aromatic rings. The molecule has 1 unspecified atom stereocenters. The lowest BCUT2D eigenvalue weighted by molar-refractivity contribution is 0.155. The second kappa shape index (κ2) is 6.95. The van der Waals surface area contributed by atoms with Gasteiger partial charge in [0.2, 0.25) is 0 Å². The third-order valence-corrected chi connectivity index (χ3v) is 4.19. The summed E-state index contributed by atoms with van der Waals surface area (Å²) in [5.41, 5.74) is 1.97. The molecule has 0 bridgehead atoms. The van der Waals surface area contributed by atoms with Gasteiger partial charge in [-0.15, -0.1) is 0 Å². The molecule has 1 atom stereocenters. The number of hydrogen-bond donors (Lipinski definition) is 1. The fraction of sp³-hybridized carbons (Fsp3) is 0.611. The molecule has 1 aliphatic rings. The largest absolute Gasteiger partial charge is 0.493 e. The molecule has 0 fully saturated rings. The number of nitrogens with zero attached hydrogens (tertiary/aromatic N) is 1. The topological polar surface area (TPSA) is 53.2 Å². The molecule has 0 spiro atoms. The Bertz CT molecular complexity index is 516. The summed E-state index contributed by atoms with van der Waals surface area (Å²) in [5, 5.41) is 19.0. The quantitative estimate of drug-likeness (QED) is 0.799. The second-order valence-electron chi connectivity index (χ2n) is 6.53. The molecule has 21 heavy (non-hydrogen) atoms. The highest BCUT2D eigenvalue weighted by molar-refractivity contribution is 5.42. The minimum Gasteiger partial charge on any atom is -0.493 e. The van der Waals surface area contributed by atoms with E-state index in [4.69, 9.17) is 10.00 Å². The van der Waals surface area contributed by atoms with Gasteiger partial charge in [0.25, 0.3) is 0 Å². The first-order chi connectivity index (χ1) is 10.0. The van der Waals surface area contributed by atoms with Gasteiger partial charge in [-0.1, -0.05) is 12.1 Å². The number of unbranched alkanes of at least 4 members (excludes halogenated alkanes) is 1. The molecule has 0 saturated heterocycles. The van der Waals surface area contributed by atoms with Gasteiger partial charge in [0.05, 0.1) is 24.2 Å². The van der Waals surface area contributed by atoms with Crippen LogP contribution in [-0.2, 0) is 6.42 Å². The molecule has 2 rings (SSSR count). The van der Waals surface area contributed by atoms with Crippen LogP contribution in [0.4, 0.5) is 0 Å². The van der Waals surface area contributed by atoms with Crippen LogP contribution in [0, 0.1) is 16.7 Å². The van der Waals surface area contributed by atoms with Crippen molar-refractivity contribution < 1.29 is 9.84 Å². The van der Waals surface area contributed by atoms with E-state index in [1.807, 2.05) is 32.0 Å². The summed E-state index contributed by atoms with van der Waals surface area (Å²) in [4.78, 5) is 0. The fourth-order valence-corrected chi connectivity index (χ4v) is 2.83. The van der Waals surface area contributed by atoms with Crippen molar-refractivity contribution in [3.05, 3.63) is 29.3 Å². The van der Waals surface area contributed by atoms with Crippen LogP contribution in [0.2, 0.25) is 0 Å². The molecule has 0 aromatic heterocycles. The Balaban J connectivity index is 1.85. The van der Waals surface area contributed by atoms with Crippen LogP contribution in [0.25, 0.3) is 0 Å². The molecule has 0 amide bonds. The predicted octanol–water partition coefficient (Wildman–Crippen LogP) is 4.16. The zero-order valence-corrected chi connectivity index (χ0v) is 13.1. The molecule has 0 aliphatic heterocycles. The standard InChI is InChI=1S/C18H25NO2/c1-18(2,13-19)11-3-4-12-21-17-10-6-7-14-15(17)8-5-9-16(14)20/h6-7,10,16,20H,3-5,8-9,11-12H2,1-2H3. The highest BCUT2D eigenvalue weighted by atomic mass is 16.5. The van der Waals surface area contributed by atoms with E-state index in [0.29, 0.717) is 6.61 Å². The van der Waals surface area contributed by atoms with Gasteiger partial charge in [0.1, 0.15) is 5.75 Å². The fourth-order valence-electron chi connectivity index (χ4n) is 2.83. The van der Waals surface area contributed by atoms with E-state index in [-0.39, 0.29) is 11.5 Å². The summed E-state index contributed by atoms with van der Waals surface area (Å²) in [5.74, 6) is 0.922. The molecule has 0 saturated carbocycles. The maximum Gasteiger partial charge on any atom is 0.122 e. The number of rotatable bonds is 6. The maximum absolute atomic E-state index is 10.0. The van der Waals surface area contributed by atoms with E-state index in [0.717, 1.165) is 49.8 Å². The third kappa shape index (κ3) is 4.22. The number of hydrogen-bond acceptors (Lipinski definition) is 3. The van der Waals surface area contributed by atoms with Gasteiger partial charge < -0.3 is 9.84 Å². The van der Waals surface area contributed by atoms with Gasteiger partial charge in [-0.25, -0.2) is 0 Å². The van der Waals surface area contributed by atoms with Crippen molar-refractivity contribution in [1.29, 1.82) is 5.26 Å². The molecule has 114 valence electrons. The van der Waals surface area contributed by atoms with Crippen LogP contribution in [-0.4, -0.2) is 11.7 Å². The highest BCUT2D eigenvalue weighted by Gasteiger charge is 2.21. The third-order valence-electron chi connectivity index (χ3n) is 4.19. The van der Waals surface area contributed by atoms with Crippen LogP contribution >= 0.6 is 0 Å². The summed E-state index contributed by atoms with van der Waals surface area (Å²) in [6.45, 7) is 4.62. The summed E-state index contributed by atoms with van der Waals surface area (Å²) in [6.07, 6.45) is 5.37. The van der Waals surface area contributed by atoms with Crippen molar-refractivity contribution in [2.75, 3.05) is 6.61 Å². The molecule has 3 heteroatoms. The van der Waals surface area contributed by atoms with Crippen molar-refractivity contribution in [2.45, 2.75) is 58.5 Å². The van der Waals surface area contributed by atoms with E-state index in [1.54, 1.807) is 0 Å². The first kappa shape index (κ1) is 15.9. The van der Waals surface area contributed by atoms with Crippen molar-refractivity contribution in [1.82, 2.24) is 0 Å². The van der Waals surface area contributed by atoms with E-state index < -0.39 is 0 Å². The van der Waals surface area contributed by atoms with E-state index >= 15 is 0 Å². The minimum atomic E-state index is -0.339. The predicted molar refractivity (Wildman–Crippen MR) is 83.1 cm³/mol. The average Bonchev–Trinajstić information content (AvgIpc) is 2.48. The van der Waals surface area contributed by atoms with Gasteiger partial charge in [-0.2, -0.15) is 5.26 Å². The minimum absolute atomic E-state index is 0.240. The Labute approximate surface area is 127 Å². The molecular formula is C18H25NO2. The van der Waals surface area contributed by atoms with Crippen LogP contribution in [0.5, 0.6) is 5.75 Å². The number of fused-ring (bicyclic) bond motifs is 1. The molecule has 0 heterocycles. The first-order valence-corrected chi connectivity index (χ1v) is 7.87. The molecule has 1 aromatic carbocycles. The van der Waals surface area contributed by atoms with Gasteiger partial charge in [-0.3, -0.25) is 0 Å². The highest BCUT2D eigenvalue weighted by Crippen LogP contribution is 2.35. The SMILES string of the molecule is CC(C)(C#N)CCCCOc1cccc2c1CCCC2O. The van der Waals surface area contributed by atoms with Crippen LogP contribution in [0.15, 0.2) is 18.2 Å². The van der Waals surface area contributed by atoms with E-state index in [2.05, 4.69) is 6.07 Å². The molecule has 0 radical (unpaired) electrons. The van der Waals surface area contributed by atoms with Crippen molar-refractivity contribution >= 4 is 0 Å². The van der Waals surface area contributed by atoms with Gasteiger partial charge >= 0.3 is 0 Å². The Morgan fingerprint density at radius 2 is 2.19 bits per heavy atom. The first-order valence-electron chi connectivity index (χ1n) is 7.87. The van der Waals surface area contributed by atoms with Crippen molar-refractivity contribution in [3.63, 3.8) is 0 Å². The Kier molecular flexibility index (Phi) is 5.25. The lowest BCUT2D eigenvalue weighted by Gasteiger charge is -2.23. The Morgan fingerprint density at radius 3 is 2.95 bits per heavy atom. The lowest BCUT2D eigenvalue weighted by Crippen LogP contribution is -2.12. The van der Waals surface area contributed by atoms with E-state index in [9.17, 15) is 5.11 Å². The zero-order valence-electron chi connectivity index (χ0n) is 13.1. The van der Waals surface area contributed by atoms with Gasteiger partial charge in [0.15, 0.2) is 0 Å². The van der Waals surface area contributed by atoms with Crippen molar-refractivity contribution in [2.24, 2.45) is 5.41 Å².